The van der Waals surface area contributed by atoms with Gasteiger partial charge in [-0.25, -0.2) is 0 Å². The Kier molecular flexibility index (Phi) is 32.8. The molecule has 0 atom stereocenters. The molecule has 0 spiro atoms. The number of hydrogen-bond donors (Lipinski definition) is 2. The lowest BCUT2D eigenvalue weighted by atomic mass is 10.4. The van der Waals surface area contributed by atoms with Crippen molar-refractivity contribution in [1.82, 2.24) is 0 Å². The number of carboxylic acids is 1. The first-order valence-corrected chi connectivity index (χ1v) is 4.09. The molecule has 0 aliphatic heterocycles. The minimum absolute atomic E-state index is 0.194. The number of rotatable bonds is 2. The van der Waals surface area contributed by atoms with Crippen LogP contribution in [0, 0.1) is 0 Å². The molecule has 6 heteroatoms. The standard InChI is InChI=1S/C4H8O2.CH2Cl2.CH2O2/c1-2-3-4(5)6;2*2-1-3/h2-3H2,1H3,(H,5,6);1H2;1H,(H,2,3). The molecule has 4 nitrogen and oxygen atoms in total. The highest BCUT2D eigenvalue weighted by atomic mass is 35.5. The third-order valence-corrected chi connectivity index (χ3v) is 0.464. The Balaban J connectivity index is -0.000000115. The lowest BCUT2D eigenvalue weighted by Crippen LogP contribution is -1.90. The van der Waals surface area contributed by atoms with Crippen molar-refractivity contribution in [3.05, 3.63) is 0 Å². The molecule has 0 saturated carbocycles. The highest BCUT2D eigenvalue weighted by Gasteiger charge is 1.87. The Hall–Kier alpha value is -0.480. The van der Waals surface area contributed by atoms with E-state index in [1.165, 1.54) is 0 Å². The molecular weight excluding hydrogens is 207 g/mol. The Bertz CT molecular complexity index is 97.5. The minimum Gasteiger partial charge on any atom is -0.483 e. The zero-order valence-electron chi connectivity index (χ0n) is 6.67. The van der Waals surface area contributed by atoms with Gasteiger partial charge in [-0.05, 0) is 6.42 Å². The maximum Gasteiger partial charge on any atom is 0.303 e. The van der Waals surface area contributed by atoms with Crippen LogP contribution in [0.5, 0.6) is 0 Å². The lowest BCUT2D eigenvalue weighted by Gasteiger charge is -1.79. The summed E-state index contributed by atoms with van der Waals surface area (Å²) in [6.07, 6.45) is 1.02. The molecule has 0 heterocycles. The summed E-state index contributed by atoms with van der Waals surface area (Å²) < 4.78 is 0. The monoisotopic (exact) mass is 218 g/mol. The summed E-state index contributed by atoms with van der Waals surface area (Å²) in [7, 11) is 0. The van der Waals surface area contributed by atoms with Gasteiger partial charge >= 0.3 is 5.97 Å². The Labute approximate surface area is 81.1 Å². The summed E-state index contributed by atoms with van der Waals surface area (Å²) in [6, 6.07) is 0. The van der Waals surface area contributed by atoms with Crippen LogP contribution in [0.2, 0.25) is 0 Å². The number of alkyl halides is 2. The minimum atomic E-state index is -0.711. The van der Waals surface area contributed by atoms with Gasteiger partial charge in [-0.15, -0.1) is 23.2 Å². The van der Waals surface area contributed by atoms with Gasteiger partial charge in [0.25, 0.3) is 6.47 Å². The van der Waals surface area contributed by atoms with Gasteiger partial charge in [0.1, 0.15) is 0 Å². The molecule has 0 bridgehead atoms. The smallest absolute Gasteiger partial charge is 0.303 e. The first-order valence-electron chi connectivity index (χ1n) is 3.02. The van der Waals surface area contributed by atoms with Gasteiger partial charge in [0.05, 0.1) is 5.34 Å². The van der Waals surface area contributed by atoms with E-state index < -0.39 is 5.97 Å². The quantitative estimate of drug-likeness (QED) is 0.550. The molecule has 0 aliphatic rings. The molecule has 0 amide bonds. The summed E-state index contributed by atoms with van der Waals surface area (Å²) in [6.45, 7) is 1.59. The second-order valence-electron chi connectivity index (χ2n) is 1.35. The zero-order chi connectivity index (χ0) is 10.4. The third-order valence-electron chi connectivity index (χ3n) is 0.464. The van der Waals surface area contributed by atoms with E-state index in [0.29, 0.717) is 6.42 Å². The lowest BCUT2D eigenvalue weighted by molar-refractivity contribution is -0.137. The normalized spacial score (nSPS) is 6.58. The van der Waals surface area contributed by atoms with Crippen LogP contribution in [-0.4, -0.2) is 28.0 Å². The van der Waals surface area contributed by atoms with Gasteiger partial charge in [0.15, 0.2) is 0 Å². The van der Waals surface area contributed by atoms with Gasteiger partial charge in [0, 0.05) is 6.42 Å². The van der Waals surface area contributed by atoms with Crippen molar-refractivity contribution in [2.24, 2.45) is 0 Å². The van der Waals surface area contributed by atoms with Crippen LogP contribution in [0.3, 0.4) is 0 Å². The average Bonchev–Trinajstić information content (AvgIpc) is 1.89. The number of hydrogen-bond acceptors (Lipinski definition) is 2. The van der Waals surface area contributed by atoms with E-state index in [-0.39, 0.29) is 11.8 Å². The fourth-order valence-electron chi connectivity index (χ4n) is 0.214. The number of halogens is 2. The van der Waals surface area contributed by atoms with Crippen molar-refractivity contribution in [3.63, 3.8) is 0 Å². The van der Waals surface area contributed by atoms with Crippen LogP contribution in [0.4, 0.5) is 0 Å². The number of aliphatic carboxylic acids is 1. The number of carbonyl (C=O) groups is 2. The third kappa shape index (κ3) is 109. The molecule has 0 aliphatic carbocycles. The van der Waals surface area contributed by atoms with Crippen molar-refractivity contribution < 1.29 is 19.8 Å². The van der Waals surface area contributed by atoms with E-state index in [9.17, 15) is 4.79 Å². The molecule has 2 N–H and O–H groups in total. The van der Waals surface area contributed by atoms with Crippen molar-refractivity contribution in [3.8, 4) is 0 Å². The van der Waals surface area contributed by atoms with E-state index >= 15 is 0 Å². The van der Waals surface area contributed by atoms with E-state index in [2.05, 4.69) is 0 Å². The second-order valence-corrected chi connectivity index (χ2v) is 2.16. The van der Waals surface area contributed by atoms with Crippen LogP contribution in [-0.2, 0) is 9.59 Å². The van der Waals surface area contributed by atoms with Crippen molar-refractivity contribution in [2.45, 2.75) is 19.8 Å². The van der Waals surface area contributed by atoms with E-state index in [1.807, 2.05) is 6.92 Å². The molecular formula is C6H12Cl2O4. The Morgan fingerprint density at radius 1 is 1.50 bits per heavy atom. The molecule has 12 heavy (non-hydrogen) atoms. The number of carboxylic acid groups (broad SMARTS) is 2. The Morgan fingerprint density at radius 2 is 1.75 bits per heavy atom. The van der Waals surface area contributed by atoms with Gasteiger partial charge < -0.3 is 10.2 Å². The fraction of sp³-hybridized carbons (Fsp3) is 0.667. The van der Waals surface area contributed by atoms with E-state index in [4.69, 9.17) is 38.2 Å². The van der Waals surface area contributed by atoms with Gasteiger partial charge in [-0.2, -0.15) is 0 Å². The van der Waals surface area contributed by atoms with Crippen LogP contribution in [0.15, 0.2) is 0 Å². The zero-order valence-corrected chi connectivity index (χ0v) is 8.18. The van der Waals surface area contributed by atoms with Crippen molar-refractivity contribution >= 4 is 35.6 Å². The van der Waals surface area contributed by atoms with Gasteiger partial charge in [0.2, 0.25) is 0 Å². The van der Waals surface area contributed by atoms with Crippen molar-refractivity contribution in [2.75, 3.05) is 5.34 Å². The molecule has 0 aromatic heterocycles. The maximum atomic E-state index is 9.60. The molecule has 0 saturated heterocycles. The molecule has 74 valence electrons. The highest BCUT2D eigenvalue weighted by molar-refractivity contribution is 6.40. The second kappa shape index (κ2) is 22.4. The summed E-state index contributed by atoms with van der Waals surface area (Å²) >= 11 is 9.53. The summed E-state index contributed by atoms with van der Waals surface area (Å²) in [5.41, 5.74) is 0. The summed E-state index contributed by atoms with van der Waals surface area (Å²) in [5.74, 6) is -0.711. The predicted octanol–water partition coefficient (Wildman–Crippen LogP) is 1.99. The molecule has 0 aromatic carbocycles. The Morgan fingerprint density at radius 3 is 1.75 bits per heavy atom. The van der Waals surface area contributed by atoms with Gasteiger partial charge in [-0.3, -0.25) is 9.59 Å². The van der Waals surface area contributed by atoms with E-state index in [1.54, 1.807) is 0 Å². The highest BCUT2D eigenvalue weighted by Crippen LogP contribution is 1.82. The fourth-order valence-corrected chi connectivity index (χ4v) is 0.214. The van der Waals surface area contributed by atoms with Crippen LogP contribution < -0.4 is 0 Å². The maximum absolute atomic E-state index is 9.60. The van der Waals surface area contributed by atoms with Crippen LogP contribution in [0.1, 0.15) is 19.8 Å². The predicted molar refractivity (Wildman–Crippen MR) is 47.8 cm³/mol. The molecule has 0 rings (SSSR count). The molecule has 0 fully saturated rings. The first kappa shape index (κ1) is 17.6. The average molecular weight is 219 g/mol. The van der Waals surface area contributed by atoms with Crippen molar-refractivity contribution in [1.29, 1.82) is 0 Å². The SMILES string of the molecule is CCCC(=O)O.ClCCl.O=CO. The van der Waals surface area contributed by atoms with Crippen LogP contribution in [0.25, 0.3) is 0 Å². The van der Waals surface area contributed by atoms with Gasteiger partial charge in [-0.1, -0.05) is 6.92 Å². The molecule has 0 aromatic rings. The van der Waals surface area contributed by atoms with Crippen LogP contribution >= 0.6 is 23.2 Å². The molecule has 0 radical (unpaired) electrons. The largest absolute Gasteiger partial charge is 0.483 e. The topological polar surface area (TPSA) is 74.6 Å². The van der Waals surface area contributed by atoms with E-state index in [0.717, 1.165) is 6.42 Å². The first-order chi connectivity index (χ1) is 5.60. The summed E-state index contributed by atoms with van der Waals surface area (Å²) in [4.78, 5) is 18.0. The molecule has 0 unspecified atom stereocenters. The summed E-state index contributed by atoms with van der Waals surface area (Å²) in [5, 5.41) is 15.0.